The summed E-state index contributed by atoms with van der Waals surface area (Å²) in [5, 5.41) is 0. The lowest BCUT2D eigenvalue weighted by atomic mass is 9.98. The Kier molecular flexibility index (Phi) is 4.14. The fraction of sp³-hybridized carbons (Fsp3) is 0.316. The number of fused-ring (bicyclic) bond motifs is 1. The van der Waals surface area contributed by atoms with E-state index in [0.29, 0.717) is 0 Å². The molecule has 114 valence electrons. The van der Waals surface area contributed by atoms with Crippen molar-refractivity contribution in [3.05, 3.63) is 59.2 Å². The highest BCUT2D eigenvalue weighted by atomic mass is 16.5. The highest BCUT2D eigenvalue weighted by Crippen LogP contribution is 2.26. The fourth-order valence-corrected chi connectivity index (χ4v) is 2.75. The van der Waals surface area contributed by atoms with E-state index in [1.165, 1.54) is 0 Å². The Hall–Kier alpha value is -2.29. The minimum atomic E-state index is 0.0655. The van der Waals surface area contributed by atoms with Crippen LogP contribution >= 0.6 is 0 Å². The zero-order valence-electron chi connectivity index (χ0n) is 13.1. The van der Waals surface area contributed by atoms with Gasteiger partial charge < -0.3 is 9.64 Å². The van der Waals surface area contributed by atoms with Crippen LogP contribution in [0.15, 0.2) is 42.5 Å². The van der Waals surface area contributed by atoms with Gasteiger partial charge >= 0.3 is 0 Å². The highest BCUT2D eigenvalue weighted by molar-refractivity contribution is 6.09. The molecule has 0 saturated carbocycles. The average Bonchev–Trinajstić information content (AvgIpc) is 2.78. The number of hydrogen-bond donors (Lipinski definition) is 0. The van der Waals surface area contributed by atoms with E-state index in [1.807, 2.05) is 61.5 Å². The zero-order valence-corrected chi connectivity index (χ0v) is 13.1. The number of hydrogen-bond acceptors (Lipinski definition) is 3. The van der Waals surface area contributed by atoms with Crippen LogP contribution in [0.25, 0.3) is 0 Å². The van der Waals surface area contributed by atoms with Crippen LogP contribution in [0.5, 0.6) is 5.75 Å². The molecular weight excluding hydrogens is 274 g/mol. The van der Waals surface area contributed by atoms with Crippen molar-refractivity contribution in [2.24, 2.45) is 0 Å². The van der Waals surface area contributed by atoms with Crippen molar-refractivity contribution in [2.75, 3.05) is 25.6 Å². The number of carbonyl (C=O) groups is 1. The first kappa shape index (κ1) is 14.6. The van der Waals surface area contributed by atoms with Crippen molar-refractivity contribution in [3.8, 4) is 5.75 Å². The summed E-state index contributed by atoms with van der Waals surface area (Å²) < 4.78 is 5.72. The number of nitrogens with zero attached hydrogens (tertiary/aromatic N) is 1. The molecule has 22 heavy (non-hydrogen) atoms. The van der Waals surface area contributed by atoms with Gasteiger partial charge in [0.2, 0.25) is 0 Å². The normalized spacial score (nSPS) is 13.7. The van der Waals surface area contributed by atoms with Crippen LogP contribution in [-0.2, 0) is 6.42 Å². The molecule has 0 amide bonds. The van der Waals surface area contributed by atoms with E-state index < -0.39 is 0 Å². The molecule has 3 heteroatoms. The van der Waals surface area contributed by atoms with Crippen LogP contribution in [-0.4, -0.2) is 26.5 Å². The number of ketones is 1. The fourth-order valence-electron chi connectivity index (χ4n) is 2.75. The topological polar surface area (TPSA) is 29.5 Å². The van der Waals surface area contributed by atoms with Gasteiger partial charge in [-0.25, -0.2) is 0 Å². The summed E-state index contributed by atoms with van der Waals surface area (Å²) in [6.45, 7) is 0.769. The maximum atomic E-state index is 12.7. The lowest BCUT2D eigenvalue weighted by Crippen LogP contribution is -2.10. The van der Waals surface area contributed by atoms with Crippen molar-refractivity contribution in [1.29, 1.82) is 0 Å². The van der Waals surface area contributed by atoms with Crippen molar-refractivity contribution in [1.82, 2.24) is 0 Å². The summed E-state index contributed by atoms with van der Waals surface area (Å²) in [6, 6.07) is 13.5. The second kappa shape index (κ2) is 6.22. The van der Waals surface area contributed by atoms with Crippen LogP contribution in [0.1, 0.15) is 34.3 Å². The summed E-state index contributed by atoms with van der Waals surface area (Å²) in [7, 11) is 3.95. The standard InChI is InChI=1S/C19H21NO2/c1-20(2)17-8-5-7-15(13-17)19(21)16-9-10-18-14(12-16)6-3-4-11-22-18/h5,7-10,12-13H,3-4,6,11H2,1-2H3. The van der Waals surface area contributed by atoms with Gasteiger partial charge in [-0.05, 0) is 55.2 Å². The first-order valence-corrected chi connectivity index (χ1v) is 7.73. The number of anilines is 1. The summed E-state index contributed by atoms with van der Waals surface area (Å²) >= 11 is 0. The minimum absolute atomic E-state index is 0.0655. The van der Waals surface area contributed by atoms with Crippen molar-refractivity contribution in [3.63, 3.8) is 0 Å². The molecule has 0 radical (unpaired) electrons. The Labute approximate surface area is 131 Å². The summed E-state index contributed by atoms with van der Waals surface area (Å²) in [4.78, 5) is 14.7. The second-order valence-corrected chi connectivity index (χ2v) is 5.90. The Bertz CT molecular complexity index is 692. The van der Waals surface area contributed by atoms with Gasteiger partial charge in [0.25, 0.3) is 0 Å². The quantitative estimate of drug-likeness (QED) is 0.809. The summed E-state index contributed by atoms with van der Waals surface area (Å²) in [5.74, 6) is 0.992. The largest absolute Gasteiger partial charge is 0.493 e. The van der Waals surface area contributed by atoms with E-state index in [4.69, 9.17) is 4.74 Å². The molecule has 1 aliphatic heterocycles. The molecule has 0 N–H and O–H groups in total. The molecule has 0 bridgehead atoms. The Balaban J connectivity index is 1.92. The molecule has 0 aliphatic carbocycles. The van der Waals surface area contributed by atoms with Gasteiger partial charge in [-0.2, -0.15) is 0 Å². The average molecular weight is 295 g/mol. The lowest BCUT2D eigenvalue weighted by molar-refractivity contribution is 0.103. The third kappa shape index (κ3) is 2.98. The molecule has 0 fully saturated rings. The molecular formula is C19H21NO2. The van der Waals surface area contributed by atoms with Crippen LogP contribution < -0.4 is 9.64 Å². The van der Waals surface area contributed by atoms with Crippen LogP contribution in [0.2, 0.25) is 0 Å². The van der Waals surface area contributed by atoms with E-state index in [1.54, 1.807) is 0 Å². The molecule has 3 nitrogen and oxygen atoms in total. The monoisotopic (exact) mass is 295 g/mol. The van der Waals surface area contributed by atoms with Crippen molar-refractivity contribution < 1.29 is 9.53 Å². The molecule has 0 spiro atoms. The van der Waals surface area contributed by atoms with Gasteiger partial charge in [-0.15, -0.1) is 0 Å². The van der Waals surface area contributed by atoms with Crippen LogP contribution in [0.3, 0.4) is 0 Å². The number of aryl methyl sites for hydroxylation is 1. The first-order valence-electron chi connectivity index (χ1n) is 7.73. The molecule has 0 saturated heterocycles. The maximum absolute atomic E-state index is 12.7. The van der Waals surface area contributed by atoms with E-state index >= 15 is 0 Å². The summed E-state index contributed by atoms with van der Waals surface area (Å²) in [5.41, 5.74) is 3.64. The van der Waals surface area contributed by atoms with E-state index in [9.17, 15) is 4.79 Å². The van der Waals surface area contributed by atoms with E-state index in [0.717, 1.165) is 54.0 Å². The number of carbonyl (C=O) groups excluding carboxylic acids is 1. The molecule has 3 rings (SSSR count). The van der Waals surface area contributed by atoms with Gasteiger partial charge in [0.05, 0.1) is 6.61 Å². The van der Waals surface area contributed by atoms with Crippen LogP contribution in [0, 0.1) is 0 Å². The van der Waals surface area contributed by atoms with Gasteiger partial charge in [-0.1, -0.05) is 12.1 Å². The molecule has 0 atom stereocenters. The van der Waals surface area contributed by atoms with Gasteiger partial charge in [0.15, 0.2) is 5.78 Å². The van der Waals surface area contributed by atoms with Gasteiger partial charge in [0.1, 0.15) is 5.75 Å². The summed E-state index contributed by atoms with van der Waals surface area (Å²) in [6.07, 6.45) is 3.16. The third-order valence-electron chi connectivity index (χ3n) is 4.05. The predicted molar refractivity (Wildman–Crippen MR) is 89.1 cm³/mol. The minimum Gasteiger partial charge on any atom is -0.493 e. The molecule has 1 heterocycles. The molecule has 1 aliphatic rings. The third-order valence-corrected chi connectivity index (χ3v) is 4.05. The highest BCUT2D eigenvalue weighted by Gasteiger charge is 2.15. The zero-order chi connectivity index (χ0) is 15.5. The Morgan fingerprint density at radius 1 is 1.05 bits per heavy atom. The first-order chi connectivity index (χ1) is 10.6. The molecule has 2 aromatic carbocycles. The Morgan fingerprint density at radius 3 is 2.68 bits per heavy atom. The van der Waals surface area contributed by atoms with Gasteiger partial charge in [-0.3, -0.25) is 4.79 Å². The second-order valence-electron chi connectivity index (χ2n) is 5.90. The smallest absolute Gasteiger partial charge is 0.193 e. The van der Waals surface area contributed by atoms with E-state index in [-0.39, 0.29) is 5.78 Å². The van der Waals surface area contributed by atoms with Crippen molar-refractivity contribution in [2.45, 2.75) is 19.3 Å². The van der Waals surface area contributed by atoms with E-state index in [2.05, 4.69) is 0 Å². The lowest BCUT2D eigenvalue weighted by Gasteiger charge is -2.13. The van der Waals surface area contributed by atoms with Crippen molar-refractivity contribution >= 4 is 11.5 Å². The number of rotatable bonds is 3. The SMILES string of the molecule is CN(C)c1cccc(C(=O)c2ccc3c(c2)CCCCO3)c1. The molecule has 0 aromatic heterocycles. The number of ether oxygens (including phenoxy) is 1. The van der Waals surface area contributed by atoms with Crippen LogP contribution in [0.4, 0.5) is 5.69 Å². The number of benzene rings is 2. The molecule has 0 unspecified atom stereocenters. The Morgan fingerprint density at radius 2 is 1.86 bits per heavy atom. The maximum Gasteiger partial charge on any atom is 0.193 e. The van der Waals surface area contributed by atoms with Gasteiger partial charge in [0, 0.05) is 30.9 Å². The predicted octanol–water partition coefficient (Wildman–Crippen LogP) is 3.70. The molecule has 2 aromatic rings.